The summed E-state index contributed by atoms with van der Waals surface area (Å²) >= 11 is -1.41. The van der Waals surface area contributed by atoms with Crippen molar-refractivity contribution in [1.29, 1.82) is 0 Å². The molecule has 1 aliphatic heterocycles. The lowest BCUT2D eigenvalue weighted by Gasteiger charge is -2.26. The number of hydrogen-bond donors (Lipinski definition) is 2. The molecular weight excluding hydrogens is 214 g/mol. The Morgan fingerprint density at radius 2 is 2.33 bits per heavy atom. The monoisotopic (exact) mass is 225 g/mol. The zero-order chi connectivity index (χ0) is 10.7. The standard InChI is InChI=1S/C8H11N5OS/c9-8-3-1-2-5-13(8)11-15(14)12-6-4-10-7-12/h1-8,11H,9H2. The molecule has 0 aromatic carbocycles. The van der Waals surface area contributed by atoms with Crippen LogP contribution < -0.4 is 10.6 Å². The molecule has 0 spiro atoms. The number of hydrogen-bond acceptors (Lipinski definition) is 4. The van der Waals surface area contributed by atoms with Crippen molar-refractivity contribution >= 4 is 11.2 Å². The van der Waals surface area contributed by atoms with E-state index in [-0.39, 0.29) is 6.17 Å². The number of nitrogens with one attached hydrogen (secondary N) is 1. The molecule has 0 bridgehead atoms. The van der Waals surface area contributed by atoms with Crippen molar-refractivity contribution in [2.45, 2.75) is 6.17 Å². The zero-order valence-corrected chi connectivity index (χ0v) is 8.67. The number of imidazole rings is 1. The van der Waals surface area contributed by atoms with Crippen LogP contribution in [0.4, 0.5) is 0 Å². The van der Waals surface area contributed by atoms with Gasteiger partial charge < -0.3 is 5.73 Å². The fourth-order valence-corrected chi connectivity index (χ4v) is 1.85. The average molecular weight is 225 g/mol. The predicted octanol–water partition coefficient (Wildman–Crippen LogP) is -0.515. The molecule has 0 fully saturated rings. The first-order chi connectivity index (χ1) is 7.27. The van der Waals surface area contributed by atoms with Crippen molar-refractivity contribution in [2.24, 2.45) is 5.73 Å². The third kappa shape index (κ3) is 2.32. The predicted molar refractivity (Wildman–Crippen MR) is 57.0 cm³/mol. The van der Waals surface area contributed by atoms with Gasteiger partial charge in [0.2, 0.25) is 11.2 Å². The highest BCUT2D eigenvalue weighted by atomic mass is 32.2. The lowest BCUT2D eigenvalue weighted by molar-refractivity contribution is 0.292. The normalized spacial score (nSPS) is 21.9. The third-order valence-electron chi connectivity index (χ3n) is 1.84. The second-order valence-electron chi connectivity index (χ2n) is 2.89. The average Bonchev–Trinajstić information content (AvgIpc) is 2.74. The van der Waals surface area contributed by atoms with Crippen molar-refractivity contribution in [3.05, 3.63) is 43.1 Å². The van der Waals surface area contributed by atoms with Crippen molar-refractivity contribution in [3.63, 3.8) is 0 Å². The Hall–Kier alpha value is -1.44. The maximum absolute atomic E-state index is 11.7. The first kappa shape index (κ1) is 10.1. The van der Waals surface area contributed by atoms with Crippen LogP contribution in [-0.4, -0.2) is 24.3 Å². The molecule has 0 aliphatic carbocycles. The molecule has 7 heteroatoms. The smallest absolute Gasteiger partial charge is 0.220 e. The van der Waals surface area contributed by atoms with Crippen molar-refractivity contribution in [2.75, 3.05) is 0 Å². The van der Waals surface area contributed by atoms with E-state index in [1.165, 1.54) is 10.3 Å². The van der Waals surface area contributed by atoms with Crippen LogP contribution in [-0.2, 0) is 11.2 Å². The molecule has 15 heavy (non-hydrogen) atoms. The largest absolute Gasteiger partial charge is 0.307 e. The minimum absolute atomic E-state index is 0.317. The molecule has 0 saturated heterocycles. The molecule has 2 atom stereocenters. The number of rotatable bonds is 3. The van der Waals surface area contributed by atoms with E-state index >= 15 is 0 Å². The highest BCUT2D eigenvalue weighted by molar-refractivity contribution is 7.81. The van der Waals surface area contributed by atoms with Crippen LogP contribution in [0, 0.1) is 0 Å². The summed E-state index contributed by atoms with van der Waals surface area (Å²) in [4.78, 5) is 6.54. The second-order valence-corrected chi connectivity index (χ2v) is 3.99. The zero-order valence-electron chi connectivity index (χ0n) is 7.85. The molecule has 2 unspecified atom stereocenters. The minimum atomic E-state index is -1.41. The van der Waals surface area contributed by atoms with Crippen LogP contribution in [0.2, 0.25) is 0 Å². The van der Waals surface area contributed by atoms with Crippen molar-refractivity contribution in [1.82, 2.24) is 18.8 Å². The molecule has 0 amide bonds. The summed E-state index contributed by atoms with van der Waals surface area (Å²) in [6, 6.07) is 0. The Bertz CT molecular complexity index is 399. The summed E-state index contributed by atoms with van der Waals surface area (Å²) < 4.78 is 13.1. The van der Waals surface area contributed by atoms with Crippen molar-refractivity contribution < 1.29 is 4.21 Å². The van der Waals surface area contributed by atoms with E-state index in [9.17, 15) is 4.21 Å². The molecule has 0 saturated carbocycles. The molecule has 6 nitrogen and oxygen atoms in total. The van der Waals surface area contributed by atoms with E-state index in [4.69, 9.17) is 5.73 Å². The first-order valence-corrected chi connectivity index (χ1v) is 5.43. The van der Waals surface area contributed by atoms with Gasteiger partial charge in [-0.2, -0.15) is 0 Å². The molecule has 0 radical (unpaired) electrons. The summed E-state index contributed by atoms with van der Waals surface area (Å²) in [5.74, 6) is 0. The third-order valence-corrected chi connectivity index (χ3v) is 2.81. The molecule has 80 valence electrons. The Morgan fingerprint density at radius 1 is 1.47 bits per heavy atom. The highest BCUT2D eigenvalue weighted by Crippen LogP contribution is 2.01. The van der Waals surface area contributed by atoms with Gasteiger partial charge in [0.15, 0.2) is 0 Å². The van der Waals surface area contributed by atoms with Gasteiger partial charge in [-0.05, 0) is 12.2 Å². The van der Waals surface area contributed by atoms with E-state index in [1.54, 1.807) is 29.7 Å². The Labute approximate surface area is 89.8 Å². The van der Waals surface area contributed by atoms with Gasteiger partial charge >= 0.3 is 0 Å². The number of hydrazine groups is 1. The second kappa shape index (κ2) is 4.39. The van der Waals surface area contributed by atoms with Gasteiger partial charge in [0.05, 0.1) is 0 Å². The molecule has 2 heterocycles. The van der Waals surface area contributed by atoms with Crippen LogP contribution >= 0.6 is 0 Å². The molecular formula is C8H11N5OS. The Kier molecular flexibility index (Phi) is 2.95. The first-order valence-electron chi connectivity index (χ1n) is 4.33. The van der Waals surface area contributed by atoms with Gasteiger partial charge in [-0.25, -0.2) is 13.2 Å². The topological polar surface area (TPSA) is 76.2 Å². The summed E-state index contributed by atoms with van der Waals surface area (Å²) in [7, 11) is 0. The van der Waals surface area contributed by atoms with Crippen LogP contribution in [0.15, 0.2) is 43.1 Å². The summed E-state index contributed by atoms with van der Waals surface area (Å²) in [6.07, 6.45) is 11.5. The van der Waals surface area contributed by atoms with Crippen LogP contribution in [0.1, 0.15) is 0 Å². The van der Waals surface area contributed by atoms with E-state index in [1.807, 2.05) is 12.2 Å². The van der Waals surface area contributed by atoms with Gasteiger partial charge in [-0.1, -0.05) is 6.08 Å². The molecule has 3 N–H and O–H groups in total. The fraction of sp³-hybridized carbons (Fsp3) is 0.125. The molecule has 2 rings (SSSR count). The Morgan fingerprint density at radius 3 is 3.00 bits per heavy atom. The summed E-state index contributed by atoms with van der Waals surface area (Å²) in [6.45, 7) is 0. The van der Waals surface area contributed by atoms with E-state index in [0.717, 1.165) is 0 Å². The lowest BCUT2D eigenvalue weighted by Crippen LogP contribution is -2.48. The number of nitrogens with zero attached hydrogens (tertiary/aromatic N) is 3. The van der Waals surface area contributed by atoms with Crippen molar-refractivity contribution in [3.8, 4) is 0 Å². The highest BCUT2D eigenvalue weighted by Gasteiger charge is 2.12. The molecule has 1 aromatic rings. The lowest BCUT2D eigenvalue weighted by atomic mass is 10.3. The van der Waals surface area contributed by atoms with Gasteiger partial charge in [0.1, 0.15) is 12.5 Å². The van der Waals surface area contributed by atoms with E-state index in [0.29, 0.717) is 0 Å². The van der Waals surface area contributed by atoms with E-state index < -0.39 is 11.2 Å². The van der Waals surface area contributed by atoms with Gasteiger partial charge in [0, 0.05) is 18.6 Å². The number of allylic oxidation sites excluding steroid dienone is 2. The van der Waals surface area contributed by atoms with E-state index in [2.05, 4.69) is 9.82 Å². The quantitative estimate of drug-likeness (QED) is 0.726. The maximum Gasteiger partial charge on any atom is 0.220 e. The van der Waals surface area contributed by atoms with Crippen LogP contribution in [0.25, 0.3) is 0 Å². The summed E-state index contributed by atoms with van der Waals surface area (Å²) in [5, 5.41) is 1.57. The van der Waals surface area contributed by atoms with Gasteiger partial charge in [0.25, 0.3) is 0 Å². The summed E-state index contributed by atoms with van der Waals surface area (Å²) in [5.41, 5.74) is 5.75. The minimum Gasteiger partial charge on any atom is -0.307 e. The maximum atomic E-state index is 11.7. The van der Waals surface area contributed by atoms with Gasteiger partial charge in [-0.15, -0.1) is 4.83 Å². The SMILES string of the molecule is NC1C=CC=CN1NS(=O)n1ccnc1. The Balaban J connectivity index is 2.01. The van der Waals surface area contributed by atoms with Crippen LogP contribution in [0.5, 0.6) is 0 Å². The number of aromatic nitrogens is 2. The fourth-order valence-electron chi connectivity index (χ4n) is 1.09. The van der Waals surface area contributed by atoms with Gasteiger partial charge in [-0.3, -0.25) is 5.01 Å². The molecule has 1 aromatic heterocycles. The molecule has 1 aliphatic rings. The number of nitrogens with two attached hydrogens (primary N) is 1. The van der Waals surface area contributed by atoms with Crippen LogP contribution in [0.3, 0.4) is 0 Å².